The molecule has 1 unspecified atom stereocenters. The maximum absolute atomic E-state index is 13.0. The number of anilines is 1. The van der Waals surface area contributed by atoms with E-state index in [4.69, 9.17) is 11.6 Å². The van der Waals surface area contributed by atoms with E-state index < -0.39 is 6.17 Å². The van der Waals surface area contributed by atoms with Crippen LogP contribution in [-0.2, 0) is 4.79 Å². The summed E-state index contributed by atoms with van der Waals surface area (Å²) in [6, 6.07) is 5.38. The molecule has 0 spiro atoms. The van der Waals surface area contributed by atoms with Gasteiger partial charge < -0.3 is 5.32 Å². The molecule has 1 amide bonds. The van der Waals surface area contributed by atoms with Gasteiger partial charge in [-0.25, -0.2) is 4.39 Å². The summed E-state index contributed by atoms with van der Waals surface area (Å²) in [5.74, 6) is -0.130. The molecule has 18 heavy (non-hydrogen) atoms. The minimum atomic E-state index is -0.800. The highest BCUT2D eigenvalue weighted by molar-refractivity contribution is 6.31. The number of benzene rings is 1. The van der Waals surface area contributed by atoms with Gasteiger partial charge in [-0.1, -0.05) is 17.7 Å². The number of amides is 1. The average molecular weight is 271 g/mol. The maximum Gasteiger partial charge on any atom is 0.238 e. The first-order valence-corrected chi connectivity index (χ1v) is 6.35. The Kier molecular flexibility index (Phi) is 4.19. The molecule has 2 rings (SSSR count). The van der Waals surface area contributed by atoms with Crippen LogP contribution < -0.4 is 5.32 Å². The van der Waals surface area contributed by atoms with Crippen LogP contribution in [0.3, 0.4) is 0 Å². The SMILES string of the molecule is Cc1c(Cl)cccc1NC(=O)CN1CCC(F)C1. The summed E-state index contributed by atoms with van der Waals surface area (Å²) in [6.07, 6.45) is -0.283. The number of hydrogen-bond donors (Lipinski definition) is 1. The fourth-order valence-electron chi connectivity index (χ4n) is 2.06. The first-order chi connectivity index (χ1) is 8.56. The molecule has 1 aromatic rings. The summed E-state index contributed by atoms with van der Waals surface area (Å²) in [5.41, 5.74) is 1.56. The minimum absolute atomic E-state index is 0.130. The van der Waals surface area contributed by atoms with Gasteiger partial charge in [0.05, 0.1) is 6.54 Å². The highest BCUT2D eigenvalue weighted by Gasteiger charge is 2.23. The highest BCUT2D eigenvalue weighted by atomic mass is 35.5. The van der Waals surface area contributed by atoms with Crippen molar-refractivity contribution in [3.63, 3.8) is 0 Å². The third kappa shape index (κ3) is 3.21. The van der Waals surface area contributed by atoms with Crippen molar-refractivity contribution >= 4 is 23.2 Å². The molecule has 0 aromatic heterocycles. The third-order valence-electron chi connectivity index (χ3n) is 3.12. The van der Waals surface area contributed by atoms with E-state index in [0.29, 0.717) is 30.2 Å². The van der Waals surface area contributed by atoms with Gasteiger partial charge in [0.2, 0.25) is 5.91 Å². The Morgan fingerprint density at radius 1 is 1.61 bits per heavy atom. The molecule has 0 saturated carbocycles. The molecule has 1 heterocycles. The topological polar surface area (TPSA) is 32.3 Å². The fourth-order valence-corrected chi connectivity index (χ4v) is 2.24. The number of alkyl halides is 1. The molecule has 98 valence electrons. The van der Waals surface area contributed by atoms with E-state index in [1.165, 1.54) is 0 Å². The summed E-state index contributed by atoms with van der Waals surface area (Å²) in [4.78, 5) is 13.6. The highest BCUT2D eigenvalue weighted by Crippen LogP contribution is 2.23. The molecular formula is C13H16ClFN2O. The van der Waals surface area contributed by atoms with Gasteiger partial charge in [0.15, 0.2) is 0 Å². The number of nitrogens with zero attached hydrogens (tertiary/aromatic N) is 1. The standard InChI is InChI=1S/C13H16ClFN2O/c1-9-11(14)3-2-4-12(9)16-13(18)8-17-6-5-10(15)7-17/h2-4,10H,5-8H2,1H3,(H,16,18). The van der Waals surface area contributed by atoms with Crippen molar-refractivity contribution in [2.75, 3.05) is 25.0 Å². The maximum atomic E-state index is 13.0. The molecule has 0 radical (unpaired) electrons. The van der Waals surface area contributed by atoms with Gasteiger partial charge in [-0.3, -0.25) is 9.69 Å². The van der Waals surface area contributed by atoms with E-state index in [1.807, 2.05) is 11.8 Å². The quantitative estimate of drug-likeness (QED) is 0.916. The summed E-state index contributed by atoms with van der Waals surface area (Å²) >= 11 is 5.98. The number of carbonyl (C=O) groups excluding carboxylic acids is 1. The van der Waals surface area contributed by atoms with E-state index in [1.54, 1.807) is 18.2 Å². The summed E-state index contributed by atoms with van der Waals surface area (Å²) < 4.78 is 13.0. The molecule has 3 nitrogen and oxygen atoms in total. The van der Waals surface area contributed by atoms with Crippen molar-refractivity contribution in [2.45, 2.75) is 19.5 Å². The van der Waals surface area contributed by atoms with Gasteiger partial charge in [-0.2, -0.15) is 0 Å². The minimum Gasteiger partial charge on any atom is -0.325 e. The normalized spacial score (nSPS) is 20.1. The van der Waals surface area contributed by atoms with Gasteiger partial charge in [-0.15, -0.1) is 0 Å². The van der Waals surface area contributed by atoms with Gasteiger partial charge >= 0.3 is 0 Å². The van der Waals surface area contributed by atoms with Crippen LogP contribution in [-0.4, -0.2) is 36.6 Å². The summed E-state index contributed by atoms with van der Waals surface area (Å²) in [6.45, 7) is 3.07. The van der Waals surface area contributed by atoms with Crippen molar-refractivity contribution < 1.29 is 9.18 Å². The zero-order valence-corrected chi connectivity index (χ0v) is 11.0. The second-order valence-electron chi connectivity index (χ2n) is 4.58. The second-order valence-corrected chi connectivity index (χ2v) is 4.99. The van der Waals surface area contributed by atoms with Crippen molar-refractivity contribution in [3.8, 4) is 0 Å². The Morgan fingerprint density at radius 3 is 3.06 bits per heavy atom. The summed E-state index contributed by atoms with van der Waals surface area (Å²) in [5, 5.41) is 3.43. The van der Waals surface area contributed by atoms with Crippen LogP contribution >= 0.6 is 11.6 Å². The molecular weight excluding hydrogens is 255 g/mol. The number of halogens is 2. The molecule has 1 aromatic carbocycles. The van der Waals surface area contributed by atoms with Crippen LogP contribution in [0.25, 0.3) is 0 Å². The predicted octanol–water partition coefficient (Wildman–Crippen LogP) is 2.63. The summed E-state index contributed by atoms with van der Waals surface area (Å²) in [7, 11) is 0. The number of nitrogens with one attached hydrogen (secondary N) is 1. The van der Waals surface area contributed by atoms with E-state index in [2.05, 4.69) is 5.32 Å². The van der Waals surface area contributed by atoms with Crippen molar-refractivity contribution in [1.29, 1.82) is 0 Å². The number of hydrogen-bond acceptors (Lipinski definition) is 2. The zero-order valence-electron chi connectivity index (χ0n) is 10.2. The Morgan fingerprint density at radius 2 is 2.39 bits per heavy atom. The molecule has 1 N–H and O–H groups in total. The van der Waals surface area contributed by atoms with Crippen LogP contribution in [0.1, 0.15) is 12.0 Å². The zero-order chi connectivity index (χ0) is 13.1. The van der Waals surface area contributed by atoms with Crippen LogP contribution in [0.15, 0.2) is 18.2 Å². The Balaban J connectivity index is 1.93. The lowest BCUT2D eigenvalue weighted by Crippen LogP contribution is -2.31. The van der Waals surface area contributed by atoms with Gasteiger partial charge in [0, 0.05) is 23.8 Å². The predicted molar refractivity (Wildman–Crippen MR) is 70.8 cm³/mol. The molecule has 1 aliphatic heterocycles. The van der Waals surface area contributed by atoms with E-state index in [9.17, 15) is 9.18 Å². The number of rotatable bonds is 3. The lowest BCUT2D eigenvalue weighted by Gasteiger charge is -2.15. The fraction of sp³-hybridized carbons (Fsp3) is 0.462. The van der Waals surface area contributed by atoms with Crippen LogP contribution in [0.5, 0.6) is 0 Å². The van der Waals surface area contributed by atoms with Crippen molar-refractivity contribution in [1.82, 2.24) is 4.90 Å². The lowest BCUT2D eigenvalue weighted by atomic mass is 10.2. The van der Waals surface area contributed by atoms with Crippen molar-refractivity contribution in [3.05, 3.63) is 28.8 Å². The van der Waals surface area contributed by atoms with Crippen molar-refractivity contribution in [2.24, 2.45) is 0 Å². The molecule has 1 atom stereocenters. The monoisotopic (exact) mass is 270 g/mol. The lowest BCUT2D eigenvalue weighted by molar-refractivity contribution is -0.117. The first kappa shape index (κ1) is 13.3. The third-order valence-corrected chi connectivity index (χ3v) is 3.53. The van der Waals surface area contributed by atoms with Gasteiger partial charge in [0.25, 0.3) is 0 Å². The van der Waals surface area contributed by atoms with Crippen LogP contribution in [0, 0.1) is 6.92 Å². The van der Waals surface area contributed by atoms with Gasteiger partial charge in [0.1, 0.15) is 6.17 Å². The molecule has 1 saturated heterocycles. The first-order valence-electron chi connectivity index (χ1n) is 5.97. The van der Waals surface area contributed by atoms with Crippen LogP contribution in [0.4, 0.5) is 10.1 Å². The molecule has 1 aliphatic rings. The van der Waals surface area contributed by atoms with E-state index >= 15 is 0 Å². The van der Waals surface area contributed by atoms with E-state index in [-0.39, 0.29) is 12.5 Å². The molecule has 5 heteroatoms. The Bertz CT molecular complexity index is 453. The largest absolute Gasteiger partial charge is 0.325 e. The second kappa shape index (κ2) is 5.67. The van der Waals surface area contributed by atoms with E-state index in [0.717, 1.165) is 5.56 Å². The molecule has 0 aliphatic carbocycles. The smallest absolute Gasteiger partial charge is 0.238 e. The number of carbonyl (C=O) groups is 1. The molecule has 1 fully saturated rings. The van der Waals surface area contributed by atoms with Crippen LogP contribution in [0.2, 0.25) is 5.02 Å². The van der Waals surface area contributed by atoms with Gasteiger partial charge in [-0.05, 0) is 31.0 Å². The molecule has 0 bridgehead atoms. The Labute approximate surface area is 111 Å². The number of likely N-dealkylation sites (tertiary alicyclic amines) is 1. The average Bonchev–Trinajstić information content (AvgIpc) is 2.70. The Hall–Kier alpha value is -1.13.